The minimum atomic E-state index is 0.229. The number of nitrogens with zero attached hydrogens (tertiary/aromatic N) is 1. The highest BCUT2D eigenvalue weighted by Crippen LogP contribution is 2.13. The van der Waals surface area contributed by atoms with Crippen LogP contribution in [0.5, 0.6) is 0 Å². The van der Waals surface area contributed by atoms with Crippen LogP contribution in [-0.4, -0.2) is 43.7 Å². The van der Waals surface area contributed by atoms with Crippen molar-refractivity contribution in [2.75, 3.05) is 33.7 Å². The van der Waals surface area contributed by atoms with Crippen LogP contribution in [0, 0.1) is 11.3 Å². The van der Waals surface area contributed by atoms with Crippen LogP contribution < -0.4 is 10.6 Å². The average Bonchev–Trinajstić information content (AvgIpc) is 2.09. The van der Waals surface area contributed by atoms with Crippen LogP contribution >= 0.6 is 12.2 Å². The lowest BCUT2D eigenvalue weighted by molar-refractivity contribution is 0.241. The second kappa shape index (κ2) is 7.07. The molecule has 16 heavy (non-hydrogen) atoms. The van der Waals surface area contributed by atoms with Gasteiger partial charge >= 0.3 is 0 Å². The maximum absolute atomic E-state index is 5.22. The third-order valence-electron chi connectivity index (χ3n) is 2.14. The van der Waals surface area contributed by atoms with E-state index in [2.05, 4.69) is 57.3 Å². The van der Waals surface area contributed by atoms with Crippen LogP contribution in [0.25, 0.3) is 0 Å². The van der Waals surface area contributed by atoms with Crippen molar-refractivity contribution in [2.24, 2.45) is 11.3 Å². The summed E-state index contributed by atoms with van der Waals surface area (Å²) in [5.41, 5.74) is 0.229. The van der Waals surface area contributed by atoms with E-state index in [-0.39, 0.29) is 5.41 Å². The first-order valence-corrected chi connectivity index (χ1v) is 6.30. The summed E-state index contributed by atoms with van der Waals surface area (Å²) in [6.45, 7) is 11.7. The minimum Gasteiger partial charge on any atom is -0.362 e. The Balaban J connectivity index is 3.81. The zero-order valence-electron chi connectivity index (χ0n) is 11.6. The standard InChI is InChI=1S/C12H27N3S/c1-10(2)7-13-11(16)14-8-12(3,4)9-15(5)6/h10H,7-9H2,1-6H3,(H2,13,14,16). The molecule has 0 fully saturated rings. The molecule has 0 spiro atoms. The molecule has 0 amide bonds. The van der Waals surface area contributed by atoms with Crippen molar-refractivity contribution < 1.29 is 0 Å². The summed E-state index contributed by atoms with van der Waals surface area (Å²) in [5, 5.41) is 7.26. The molecule has 0 aliphatic heterocycles. The van der Waals surface area contributed by atoms with E-state index in [1.807, 2.05) is 0 Å². The summed E-state index contributed by atoms with van der Waals surface area (Å²) in [6, 6.07) is 0. The maximum atomic E-state index is 5.22. The van der Waals surface area contributed by atoms with E-state index in [9.17, 15) is 0 Å². The molecular weight excluding hydrogens is 218 g/mol. The number of rotatable bonds is 6. The molecule has 0 radical (unpaired) electrons. The Labute approximate surface area is 106 Å². The Morgan fingerprint density at radius 2 is 1.81 bits per heavy atom. The molecule has 2 N–H and O–H groups in total. The molecule has 0 saturated heterocycles. The van der Waals surface area contributed by atoms with Gasteiger partial charge in [-0.2, -0.15) is 0 Å². The van der Waals surface area contributed by atoms with Crippen molar-refractivity contribution in [1.82, 2.24) is 15.5 Å². The highest BCUT2D eigenvalue weighted by atomic mass is 32.1. The molecule has 0 atom stereocenters. The minimum absolute atomic E-state index is 0.229. The highest BCUT2D eigenvalue weighted by Gasteiger charge is 2.18. The van der Waals surface area contributed by atoms with Crippen molar-refractivity contribution in [1.29, 1.82) is 0 Å². The molecule has 0 rings (SSSR count). The van der Waals surface area contributed by atoms with Gasteiger partial charge in [0.1, 0.15) is 0 Å². The van der Waals surface area contributed by atoms with Gasteiger partial charge in [0.2, 0.25) is 0 Å². The fourth-order valence-corrected chi connectivity index (χ4v) is 1.75. The Morgan fingerprint density at radius 1 is 1.25 bits per heavy atom. The fraction of sp³-hybridized carbons (Fsp3) is 0.917. The highest BCUT2D eigenvalue weighted by molar-refractivity contribution is 7.80. The second-order valence-electron chi connectivity index (χ2n) is 5.86. The molecule has 0 bridgehead atoms. The SMILES string of the molecule is CC(C)CNC(=S)NCC(C)(C)CN(C)C. The summed E-state index contributed by atoms with van der Waals surface area (Å²) in [4.78, 5) is 2.20. The third kappa shape index (κ3) is 8.92. The van der Waals surface area contributed by atoms with Gasteiger partial charge in [-0.1, -0.05) is 27.7 Å². The second-order valence-corrected chi connectivity index (χ2v) is 6.27. The van der Waals surface area contributed by atoms with Gasteiger partial charge < -0.3 is 15.5 Å². The Kier molecular flexibility index (Phi) is 6.91. The topological polar surface area (TPSA) is 27.3 Å². The fourth-order valence-electron chi connectivity index (χ4n) is 1.59. The molecule has 0 unspecified atom stereocenters. The largest absolute Gasteiger partial charge is 0.362 e. The Hall–Kier alpha value is -0.350. The summed E-state index contributed by atoms with van der Waals surface area (Å²) in [7, 11) is 4.19. The van der Waals surface area contributed by atoms with Crippen LogP contribution in [0.3, 0.4) is 0 Å². The molecule has 0 aliphatic rings. The predicted octanol–water partition coefficient (Wildman–Crippen LogP) is 1.69. The number of nitrogens with one attached hydrogen (secondary N) is 2. The molecule has 0 aromatic heterocycles. The van der Waals surface area contributed by atoms with Crippen LogP contribution in [-0.2, 0) is 0 Å². The lowest BCUT2D eigenvalue weighted by atomic mass is 9.93. The normalized spacial score (nSPS) is 12.0. The van der Waals surface area contributed by atoms with Crippen LogP contribution in [0.15, 0.2) is 0 Å². The van der Waals surface area contributed by atoms with E-state index in [4.69, 9.17) is 12.2 Å². The Morgan fingerprint density at radius 3 is 2.25 bits per heavy atom. The van der Waals surface area contributed by atoms with E-state index in [1.54, 1.807) is 0 Å². The number of thiocarbonyl (C=S) groups is 1. The molecule has 3 nitrogen and oxygen atoms in total. The number of hydrogen-bond acceptors (Lipinski definition) is 2. The van der Waals surface area contributed by atoms with E-state index in [0.717, 1.165) is 24.7 Å². The molecule has 4 heteroatoms. The van der Waals surface area contributed by atoms with Crippen LogP contribution in [0.1, 0.15) is 27.7 Å². The van der Waals surface area contributed by atoms with E-state index >= 15 is 0 Å². The molecule has 0 aromatic rings. The van der Waals surface area contributed by atoms with Gasteiger partial charge in [-0.25, -0.2) is 0 Å². The quantitative estimate of drug-likeness (QED) is 0.697. The Bertz CT molecular complexity index is 212. The van der Waals surface area contributed by atoms with Crippen molar-refractivity contribution in [3.8, 4) is 0 Å². The summed E-state index contributed by atoms with van der Waals surface area (Å²) in [5.74, 6) is 0.620. The maximum Gasteiger partial charge on any atom is 0.166 e. The van der Waals surface area contributed by atoms with Gasteiger partial charge in [0.25, 0.3) is 0 Å². The monoisotopic (exact) mass is 245 g/mol. The van der Waals surface area contributed by atoms with Crippen LogP contribution in [0.2, 0.25) is 0 Å². The third-order valence-corrected chi connectivity index (χ3v) is 2.43. The van der Waals surface area contributed by atoms with Gasteiger partial charge in [0, 0.05) is 19.6 Å². The molecule has 0 heterocycles. The smallest absolute Gasteiger partial charge is 0.166 e. The van der Waals surface area contributed by atoms with Gasteiger partial charge in [-0.05, 0) is 37.6 Å². The summed E-state index contributed by atoms with van der Waals surface area (Å²) in [6.07, 6.45) is 0. The lowest BCUT2D eigenvalue weighted by Gasteiger charge is -2.29. The van der Waals surface area contributed by atoms with E-state index in [0.29, 0.717) is 5.92 Å². The van der Waals surface area contributed by atoms with E-state index < -0.39 is 0 Å². The van der Waals surface area contributed by atoms with Crippen molar-refractivity contribution in [3.05, 3.63) is 0 Å². The van der Waals surface area contributed by atoms with Crippen molar-refractivity contribution in [2.45, 2.75) is 27.7 Å². The zero-order chi connectivity index (χ0) is 12.8. The molecule has 0 aliphatic carbocycles. The molecule has 0 saturated carbocycles. The van der Waals surface area contributed by atoms with Crippen molar-refractivity contribution in [3.63, 3.8) is 0 Å². The molecule has 0 aromatic carbocycles. The summed E-state index contributed by atoms with van der Waals surface area (Å²) < 4.78 is 0. The average molecular weight is 245 g/mol. The molecular formula is C12H27N3S. The predicted molar refractivity (Wildman–Crippen MR) is 75.8 cm³/mol. The lowest BCUT2D eigenvalue weighted by Crippen LogP contribution is -2.44. The molecule has 96 valence electrons. The first kappa shape index (κ1) is 15.7. The van der Waals surface area contributed by atoms with Gasteiger partial charge in [-0.3, -0.25) is 0 Å². The van der Waals surface area contributed by atoms with Crippen LogP contribution in [0.4, 0.5) is 0 Å². The van der Waals surface area contributed by atoms with Gasteiger partial charge in [0.15, 0.2) is 5.11 Å². The first-order valence-electron chi connectivity index (χ1n) is 5.89. The van der Waals surface area contributed by atoms with Crippen molar-refractivity contribution >= 4 is 17.3 Å². The summed E-state index contributed by atoms with van der Waals surface area (Å²) >= 11 is 5.22. The van der Waals surface area contributed by atoms with Gasteiger partial charge in [-0.15, -0.1) is 0 Å². The zero-order valence-corrected chi connectivity index (χ0v) is 12.4. The van der Waals surface area contributed by atoms with Gasteiger partial charge in [0.05, 0.1) is 0 Å². The van der Waals surface area contributed by atoms with E-state index in [1.165, 1.54) is 0 Å². The number of hydrogen-bond donors (Lipinski definition) is 2. The first-order chi connectivity index (χ1) is 7.23.